The van der Waals surface area contributed by atoms with Gasteiger partial charge < -0.3 is 4.74 Å². The fraction of sp³-hybridized carbons (Fsp3) is 0.333. The zero-order valence-corrected chi connectivity index (χ0v) is 5.55. The molecule has 0 aliphatic rings. The van der Waals surface area contributed by atoms with Crippen LogP contribution in [0.4, 0.5) is 0 Å². The second-order valence-electron chi connectivity index (χ2n) is 0.717. The third kappa shape index (κ3) is 10.8. The lowest BCUT2D eigenvalue weighted by Gasteiger charge is -1.77. The average Bonchev–Trinajstić information content (AvgIpc) is 1.93. The number of carbonyl (C=O) groups is 1. The molecule has 0 atom stereocenters. The van der Waals surface area contributed by atoms with Crippen molar-refractivity contribution in [3.63, 3.8) is 0 Å². The highest BCUT2D eigenvalue weighted by Crippen LogP contribution is 1.71. The van der Waals surface area contributed by atoms with Crippen molar-refractivity contribution < 1.29 is 9.53 Å². The first-order valence-corrected chi connectivity index (χ1v) is 2.53. The zero-order chi connectivity index (χ0) is 7.70. The summed E-state index contributed by atoms with van der Waals surface area (Å²) in [5, 5.41) is 7.63. The molecule has 0 aliphatic carbocycles. The maximum atomic E-state index is 9.85. The van der Waals surface area contributed by atoms with Crippen LogP contribution in [0.1, 0.15) is 13.8 Å². The molecule has 0 aromatic rings. The largest absolute Gasteiger partial charge is 0.347 e. The number of esters is 1. The maximum Gasteiger partial charge on any atom is 0.345 e. The van der Waals surface area contributed by atoms with Gasteiger partial charge >= 0.3 is 5.97 Å². The van der Waals surface area contributed by atoms with E-state index in [-0.39, 0.29) is 0 Å². The third-order valence-electron chi connectivity index (χ3n) is 0.313. The maximum absolute atomic E-state index is 9.85. The number of ether oxygens (including phenoxy) is 1. The van der Waals surface area contributed by atoms with Gasteiger partial charge in [0.15, 0.2) is 0 Å². The van der Waals surface area contributed by atoms with Crippen LogP contribution in [0.2, 0.25) is 0 Å². The van der Waals surface area contributed by atoms with Gasteiger partial charge in [0.1, 0.15) is 0 Å². The van der Waals surface area contributed by atoms with Crippen LogP contribution in [-0.2, 0) is 9.53 Å². The Hall–Kier alpha value is -1.30. The molecule has 0 radical (unpaired) electrons. The number of hydrogen-bond donors (Lipinski definition) is 0. The van der Waals surface area contributed by atoms with Crippen LogP contribution < -0.4 is 0 Å². The van der Waals surface area contributed by atoms with Crippen LogP contribution in [0.5, 0.6) is 0 Å². The molecule has 0 rings (SSSR count). The molecule has 0 spiro atoms. The van der Waals surface area contributed by atoms with Gasteiger partial charge in [0.25, 0.3) is 6.26 Å². The van der Waals surface area contributed by atoms with Gasteiger partial charge in [-0.1, -0.05) is 20.4 Å². The Bertz CT molecular complexity index is 124. The molecule has 0 N–H and O–H groups in total. The number of rotatable bonds is 1. The van der Waals surface area contributed by atoms with Gasteiger partial charge in [-0.3, -0.25) is 0 Å². The summed E-state index contributed by atoms with van der Waals surface area (Å²) in [6.07, 6.45) is 2.12. The van der Waals surface area contributed by atoms with E-state index in [1.807, 2.05) is 13.8 Å². The molecule has 0 aromatic carbocycles. The van der Waals surface area contributed by atoms with Gasteiger partial charge in [-0.25, -0.2) is 4.79 Å². The molecule has 3 heteroatoms. The molecule has 0 unspecified atom stereocenters. The van der Waals surface area contributed by atoms with Gasteiger partial charge in [-0.2, -0.15) is 0 Å². The summed E-state index contributed by atoms with van der Waals surface area (Å²) in [4.78, 5) is 9.85. The zero-order valence-electron chi connectivity index (χ0n) is 5.55. The minimum atomic E-state index is -0.720. The Balaban J connectivity index is 0. The molecule has 0 saturated heterocycles. The third-order valence-corrected chi connectivity index (χ3v) is 0.313. The van der Waals surface area contributed by atoms with Crippen molar-refractivity contribution in [1.82, 2.24) is 0 Å². The predicted octanol–water partition coefficient (Wildman–Crippen LogP) is 1.22. The summed E-state index contributed by atoms with van der Waals surface area (Å²) in [5.74, 6) is -0.720. The first-order valence-electron chi connectivity index (χ1n) is 2.53. The van der Waals surface area contributed by atoms with Crippen molar-refractivity contribution in [3.05, 3.63) is 12.7 Å². The van der Waals surface area contributed by atoms with Crippen LogP contribution in [0.3, 0.4) is 0 Å². The van der Waals surface area contributed by atoms with Crippen molar-refractivity contribution in [3.8, 4) is 6.26 Å². The monoisotopic (exact) mass is 127 g/mol. The van der Waals surface area contributed by atoms with Crippen LogP contribution >= 0.6 is 0 Å². The highest BCUT2D eigenvalue weighted by molar-refractivity contribution is 5.81. The average molecular weight is 127 g/mol. The molecular weight excluding hydrogens is 118 g/mol. The van der Waals surface area contributed by atoms with E-state index in [0.717, 1.165) is 6.08 Å². The lowest BCUT2D eigenvalue weighted by atomic mass is 10.7. The Morgan fingerprint density at radius 1 is 1.78 bits per heavy atom. The summed E-state index contributed by atoms with van der Waals surface area (Å²) in [5.41, 5.74) is 0. The lowest BCUT2D eigenvalue weighted by molar-refractivity contribution is -0.131. The van der Waals surface area contributed by atoms with Gasteiger partial charge in [-0.05, 0) is 0 Å². The summed E-state index contributed by atoms with van der Waals surface area (Å²) in [7, 11) is 0. The summed E-state index contributed by atoms with van der Waals surface area (Å²) in [6, 6.07) is 0. The smallest absolute Gasteiger partial charge is 0.345 e. The molecule has 0 aromatic heterocycles. The molecule has 0 fully saturated rings. The van der Waals surface area contributed by atoms with Gasteiger partial charge in [0, 0.05) is 6.08 Å². The topological polar surface area (TPSA) is 50.1 Å². The Labute approximate surface area is 54.5 Å². The minimum absolute atomic E-state index is 0.720. The minimum Gasteiger partial charge on any atom is -0.347 e. The fourth-order valence-corrected chi connectivity index (χ4v) is 0.0867. The number of carbonyl (C=O) groups excluding carboxylic acids is 1. The highest BCUT2D eigenvalue weighted by atomic mass is 16.5. The quantitative estimate of drug-likeness (QED) is 0.302. The van der Waals surface area contributed by atoms with Crippen LogP contribution in [0.15, 0.2) is 12.7 Å². The molecule has 50 valence electrons. The molecule has 0 amide bonds. The normalized spacial score (nSPS) is 5.44. The second kappa shape index (κ2) is 9.85. The first-order chi connectivity index (χ1) is 4.31. The summed E-state index contributed by atoms with van der Waals surface area (Å²) >= 11 is 0. The number of nitrogens with zero attached hydrogens (tertiary/aromatic N) is 1. The van der Waals surface area contributed by atoms with Gasteiger partial charge in [0.2, 0.25) is 0 Å². The SMILES string of the molecule is C=CC(=O)OC#N.CC. The molecule has 0 saturated carbocycles. The fourth-order valence-electron chi connectivity index (χ4n) is 0.0867. The van der Waals surface area contributed by atoms with Gasteiger partial charge in [-0.15, -0.1) is 5.26 Å². The Morgan fingerprint density at radius 2 is 2.22 bits per heavy atom. The lowest BCUT2D eigenvalue weighted by Crippen LogP contribution is -1.91. The highest BCUT2D eigenvalue weighted by Gasteiger charge is 1.87. The Kier molecular flexibility index (Phi) is 11.6. The number of nitriles is 1. The molecule has 0 heterocycles. The summed E-state index contributed by atoms with van der Waals surface area (Å²) < 4.78 is 3.74. The molecule has 0 aliphatic heterocycles. The molecule has 0 bridgehead atoms. The Morgan fingerprint density at radius 3 is 2.33 bits per heavy atom. The summed E-state index contributed by atoms with van der Waals surface area (Å²) in [6.45, 7) is 7.05. The van der Waals surface area contributed by atoms with Crippen molar-refractivity contribution in [1.29, 1.82) is 5.26 Å². The molecule has 3 nitrogen and oxygen atoms in total. The van der Waals surface area contributed by atoms with Crippen molar-refractivity contribution in [2.75, 3.05) is 0 Å². The van der Waals surface area contributed by atoms with Crippen molar-refractivity contribution in [2.24, 2.45) is 0 Å². The van der Waals surface area contributed by atoms with Crippen molar-refractivity contribution >= 4 is 5.97 Å². The van der Waals surface area contributed by atoms with Crippen LogP contribution in [0, 0.1) is 11.5 Å². The van der Waals surface area contributed by atoms with E-state index in [4.69, 9.17) is 5.26 Å². The second-order valence-corrected chi connectivity index (χ2v) is 0.717. The van der Waals surface area contributed by atoms with Gasteiger partial charge in [0.05, 0.1) is 0 Å². The van der Waals surface area contributed by atoms with E-state index < -0.39 is 5.97 Å². The first kappa shape index (κ1) is 10.6. The predicted molar refractivity (Wildman–Crippen MR) is 33.2 cm³/mol. The molecular formula is C6H9NO2. The van der Waals surface area contributed by atoms with E-state index in [1.54, 1.807) is 0 Å². The van der Waals surface area contributed by atoms with E-state index in [9.17, 15) is 4.79 Å². The van der Waals surface area contributed by atoms with Crippen molar-refractivity contribution in [2.45, 2.75) is 13.8 Å². The van der Waals surface area contributed by atoms with E-state index in [2.05, 4.69) is 11.3 Å². The van der Waals surface area contributed by atoms with E-state index in [1.165, 1.54) is 6.26 Å². The molecule has 9 heavy (non-hydrogen) atoms. The van der Waals surface area contributed by atoms with E-state index in [0.29, 0.717) is 0 Å². The van der Waals surface area contributed by atoms with Crippen LogP contribution in [-0.4, -0.2) is 5.97 Å². The standard InChI is InChI=1S/C4H3NO2.C2H6/c1-2-4(6)7-3-5;1-2/h2H,1H2;1-2H3. The van der Waals surface area contributed by atoms with E-state index >= 15 is 0 Å². The van der Waals surface area contributed by atoms with Crippen LogP contribution in [0.25, 0.3) is 0 Å². The number of hydrogen-bond acceptors (Lipinski definition) is 3.